The molecule has 1 N–H and O–H groups in total. The van der Waals surface area contributed by atoms with E-state index in [0.29, 0.717) is 5.02 Å². The van der Waals surface area contributed by atoms with E-state index in [9.17, 15) is 4.79 Å². The third kappa shape index (κ3) is 4.26. The second-order valence-corrected chi connectivity index (χ2v) is 7.06. The third-order valence-electron chi connectivity index (χ3n) is 4.69. The van der Waals surface area contributed by atoms with Gasteiger partial charge in [-0.05, 0) is 38.5 Å². The Balaban J connectivity index is 1.66. The Morgan fingerprint density at radius 3 is 2.73 bits per heavy atom. The summed E-state index contributed by atoms with van der Waals surface area (Å²) in [4.78, 5) is 15.0. The van der Waals surface area contributed by atoms with Crippen LogP contribution in [0.5, 0.6) is 0 Å². The quantitative estimate of drug-likeness (QED) is 0.870. The van der Waals surface area contributed by atoms with Crippen molar-refractivity contribution < 1.29 is 9.53 Å². The Morgan fingerprint density at radius 2 is 2.08 bits per heavy atom. The lowest BCUT2D eigenvalue weighted by Gasteiger charge is -2.26. The predicted molar refractivity (Wildman–Crippen MR) is 103 cm³/mol. The fraction of sp³-hybridized carbons (Fsp3) is 0.474. The fourth-order valence-corrected chi connectivity index (χ4v) is 3.27. The summed E-state index contributed by atoms with van der Waals surface area (Å²) in [7, 11) is 0. The Kier molecular flexibility index (Phi) is 5.96. The molecule has 1 fully saturated rings. The second kappa shape index (κ2) is 8.20. The zero-order valence-corrected chi connectivity index (χ0v) is 16.2. The average Bonchev–Trinajstić information content (AvgIpc) is 2.89. The van der Waals surface area contributed by atoms with Gasteiger partial charge >= 0.3 is 0 Å². The van der Waals surface area contributed by atoms with Crippen molar-refractivity contribution in [3.63, 3.8) is 0 Å². The number of rotatable bonds is 5. The molecule has 1 aromatic heterocycles. The van der Waals surface area contributed by atoms with Crippen LogP contribution in [0.1, 0.15) is 29.9 Å². The Bertz CT molecular complexity index is 784. The first-order valence-corrected chi connectivity index (χ1v) is 9.24. The van der Waals surface area contributed by atoms with Gasteiger partial charge in [0.1, 0.15) is 6.04 Å². The zero-order valence-electron chi connectivity index (χ0n) is 15.5. The number of amides is 1. The summed E-state index contributed by atoms with van der Waals surface area (Å²) in [5.41, 5.74) is 3.50. The SMILES string of the molecule is Cc1nn(C(C)C(=O)Nc2cccc(CN3CCOCC3)c2)c(C)c1Cl. The molecule has 1 aromatic carbocycles. The van der Waals surface area contributed by atoms with Gasteiger partial charge in [0.25, 0.3) is 0 Å². The summed E-state index contributed by atoms with van der Waals surface area (Å²) in [5, 5.41) is 7.97. The molecule has 1 aliphatic heterocycles. The first kappa shape index (κ1) is 18.9. The number of aromatic nitrogens is 2. The minimum absolute atomic E-state index is 0.115. The predicted octanol–water partition coefficient (Wildman–Crippen LogP) is 3.19. The first-order chi connectivity index (χ1) is 12.5. The number of carbonyl (C=O) groups is 1. The van der Waals surface area contributed by atoms with E-state index in [1.807, 2.05) is 39.0 Å². The highest BCUT2D eigenvalue weighted by atomic mass is 35.5. The third-order valence-corrected chi connectivity index (χ3v) is 5.23. The van der Waals surface area contributed by atoms with Crippen LogP contribution >= 0.6 is 11.6 Å². The van der Waals surface area contributed by atoms with Gasteiger partial charge in [0, 0.05) is 25.3 Å². The number of halogens is 1. The average molecular weight is 377 g/mol. The van der Waals surface area contributed by atoms with E-state index in [1.165, 1.54) is 5.56 Å². The number of benzene rings is 1. The molecule has 2 heterocycles. The number of ether oxygens (including phenoxy) is 1. The lowest BCUT2D eigenvalue weighted by molar-refractivity contribution is -0.119. The number of hydrogen-bond acceptors (Lipinski definition) is 4. The van der Waals surface area contributed by atoms with Crippen molar-refractivity contribution in [3.8, 4) is 0 Å². The standard InChI is InChI=1S/C19H25ClN4O2/c1-13-18(20)14(2)24(22-13)15(3)19(25)21-17-6-4-5-16(11-17)12-23-7-9-26-10-8-23/h4-6,11,15H,7-10,12H2,1-3H3,(H,21,25). The van der Waals surface area contributed by atoms with E-state index in [2.05, 4.69) is 21.4 Å². The van der Waals surface area contributed by atoms with Crippen molar-refractivity contribution in [2.45, 2.75) is 33.4 Å². The monoisotopic (exact) mass is 376 g/mol. The molecule has 1 saturated heterocycles. The van der Waals surface area contributed by atoms with Gasteiger partial charge in [0.2, 0.25) is 5.91 Å². The van der Waals surface area contributed by atoms with Gasteiger partial charge in [0.05, 0.1) is 29.6 Å². The van der Waals surface area contributed by atoms with Gasteiger partial charge in [-0.3, -0.25) is 14.4 Å². The van der Waals surface area contributed by atoms with Crippen LogP contribution < -0.4 is 5.32 Å². The van der Waals surface area contributed by atoms with E-state index in [1.54, 1.807) is 4.68 Å². The van der Waals surface area contributed by atoms with E-state index in [4.69, 9.17) is 16.3 Å². The van der Waals surface area contributed by atoms with Gasteiger partial charge in [-0.2, -0.15) is 5.10 Å². The highest BCUT2D eigenvalue weighted by molar-refractivity contribution is 6.31. The highest BCUT2D eigenvalue weighted by Crippen LogP contribution is 2.23. The van der Waals surface area contributed by atoms with Crippen molar-refractivity contribution in [1.82, 2.24) is 14.7 Å². The number of hydrogen-bond donors (Lipinski definition) is 1. The number of carbonyl (C=O) groups excluding carboxylic acids is 1. The summed E-state index contributed by atoms with van der Waals surface area (Å²) in [6.07, 6.45) is 0. The van der Waals surface area contributed by atoms with Crippen molar-refractivity contribution in [1.29, 1.82) is 0 Å². The molecule has 0 radical (unpaired) electrons. The molecule has 1 amide bonds. The van der Waals surface area contributed by atoms with Gasteiger partial charge in [-0.15, -0.1) is 0 Å². The van der Waals surface area contributed by atoms with Crippen LogP contribution in [0.2, 0.25) is 5.02 Å². The molecule has 0 spiro atoms. The van der Waals surface area contributed by atoms with Crippen LogP contribution in [0, 0.1) is 13.8 Å². The number of aryl methyl sites for hydroxylation is 1. The molecular formula is C19H25ClN4O2. The zero-order chi connectivity index (χ0) is 18.7. The molecule has 0 bridgehead atoms. The lowest BCUT2D eigenvalue weighted by Crippen LogP contribution is -2.35. The Morgan fingerprint density at radius 1 is 1.35 bits per heavy atom. The molecule has 1 aliphatic rings. The molecule has 3 rings (SSSR count). The Labute approximate surface area is 159 Å². The maximum absolute atomic E-state index is 12.6. The molecule has 7 heteroatoms. The Hall–Kier alpha value is -1.89. The fourth-order valence-electron chi connectivity index (χ4n) is 3.14. The summed E-state index contributed by atoms with van der Waals surface area (Å²) < 4.78 is 7.06. The molecule has 6 nitrogen and oxygen atoms in total. The number of nitrogens with one attached hydrogen (secondary N) is 1. The van der Waals surface area contributed by atoms with Gasteiger partial charge in [-0.25, -0.2) is 0 Å². The molecule has 0 saturated carbocycles. The molecule has 140 valence electrons. The normalized spacial score (nSPS) is 16.5. The molecule has 2 aromatic rings. The summed E-state index contributed by atoms with van der Waals surface area (Å²) in [6, 6.07) is 7.53. The van der Waals surface area contributed by atoms with E-state index in [0.717, 1.165) is 49.9 Å². The minimum atomic E-state index is -0.441. The van der Waals surface area contributed by atoms with Crippen LogP contribution in [0.15, 0.2) is 24.3 Å². The van der Waals surface area contributed by atoms with Crippen LogP contribution in [0.4, 0.5) is 5.69 Å². The van der Waals surface area contributed by atoms with E-state index >= 15 is 0 Å². The van der Waals surface area contributed by atoms with Crippen LogP contribution in [-0.2, 0) is 16.1 Å². The van der Waals surface area contributed by atoms with E-state index in [-0.39, 0.29) is 5.91 Å². The smallest absolute Gasteiger partial charge is 0.248 e. The molecular weight excluding hydrogens is 352 g/mol. The molecule has 26 heavy (non-hydrogen) atoms. The first-order valence-electron chi connectivity index (χ1n) is 8.87. The number of nitrogens with zero attached hydrogens (tertiary/aromatic N) is 3. The lowest BCUT2D eigenvalue weighted by atomic mass is 10.1. The molecule has 1 unspecified atom stereocenters. The van der Waals surface area contributed by atoms with Crippen LogP contribution in [-0.4, -0.2) is 46.9 Å². The minimum Gasteiger partial charge on any atom is -0.379 e. The van der Waals surface area contributed by atoms with Crippen LogP contribution in [0.3, 0.4) is 0 Å². The van der Waals surface area contributed by atoms with Crippen molar-refractivity contribution in [3.05, 3.63) is 46.2 Å². The largest absolute Gasteiger partial charge is 0.379 e. The van der Waals surface area contributed by atoms with Crippen LogP contribution in [0.25, 0.3) is 0 Å². The summed E-state index contributed by atoms with van der Waals surface area (Å²) >= 11 is 6.19. The van der Waals surface area contributed by atoms with Gasteiger partial charge in [-0.1, -0.05) is 23.7 Å². The summed E-state index contributed by atoms with van der Waals surface area (Å²) in [6.45, 7) is 9.82. The topological polar surface area (TPSA) is 59.4 Å². The number of morpholine rings is 1. The molecule has 0 aliphatic carbocycles. The highest BCUT2D eigenvalue weighted by Gasteiger charge is 2.20. The maximum Gasteiger partial charge on any atom is 0.248 e. The van der Waals surface area contributed by atoms with Crippen molar-refractivity contribution >= 4 is 23.2 Å². The van der Waals surface area contributed by atoms with Crippen molar-refractivity contribution in [2.24, 2.45) is 0 Å². The van der Waals surface area contributed by atoms with Gasteiger partial charge < -0.3 is 10.1 Å². The summed E-state index contributed by atoms with van der Waals surface area (Å²) in [5.74, 6) is -0.115. The van der Waals surface area contributed by atoms with Crippen molar-refractivity contribution in [2.75, 3.05) is 31.6 Å². The van der Waals surface area contributed by atoms with Gasteiger partial charge in [0.15, 0.2) is 0 Å². The molecule has 1 atom stereocenters. The maximum atomic E-state index is 12.6. The second-order valence-electron chi connectivity index (χ2n) is 6.68. The number of anilines is 1. The van der Waals surface area contributed by atoms with E-state index < -0.39 is 6.04 Å².